The van der Waals surface area contributed by atoms with Crippen LogP contribution in [0.4, 0.5) is 4.39 Å². The summed E-state index contributed by atoms with van der Waals surface area (Å²) in [6, 6.07) is 9.68. The minimum atomic E-state index is -1.23. The van der Waals surface area contributed by atoms with Crippen molar-refractivity contribution in [3.05, 3.63) is 70.5 Å². The highest BCUT2D eigenvalue weighted by molar-refractivity contribution is 6.30. The Morgan fingerprint density at radius 2 is 1.49 bits per heavy atom. The molecular weight excluding hydrogens is 494 g/mol. The Hall–Kier alpha value is -2.77. The van der Waals surface area contributed by atoms with E-state index in [0.717, 1.165) is 41.4 Å². The number of amides is 3. The third-order valence-corrected chi connectivity index (χ3v) is 8.00. The van der Waals surface area contributed by atoms with Gasteiger partial charge in [-0.1, -0.05) is 11.6 Å². The largest absolute Gasteiger partial charge is 0.292 e. The molecule has 182 valence electrons. The summed E-state index contributed by atoms with van der Waals surface area (Å²) in [4.78, 5) is 54.7. The topological polar surface area (TPSA) is 74.8 Å². The number of carbonyl (C=O) groups excluding carboxylic acids is 4. The van der Waals surface area contributed by atoms with Crippen molar-refractivity contribution in [1.82, 2.24) is 10.0 Å². The summed E-state index contributed by atoms with van der Waals surface area (Å²) in [5, 5.41) is 2.29. The molecule has 9 heteroatoms. The van der Waals surface area contributed by atoms with Gasteiger partial charge in [0.15, 0.2) is 5.78 Å². The van der Waals surface area contributed by atoms with Crippen LogP contribution in [0.5, 0.6) is 0 Å². The maximum Gasteiger partial charge on any atom is 0.273 e. The smallest absolute Gasteiger partial charge is 0.273 e. The van der Waals surface area contributed by atoms with Gasteiger partial charge in [0.1, 0.15) is 11.9 Å². The van der Waals surface area contributed by atoms with Gasteiger partial charge < -0.3 is 0 Å². The van der Waals surface area contributed by atoms with E-state index in [1.165, 1.54) is 36.4 Å². The third-order valence-electron chi connectivity index (χ3n) is 7.53. The van der Waals surface area contributed by atoms with E-state index in [-0.39, 0.29) is 35.3 Å². The molecule has 3 aliphatic rings. The van der Waals surface area contributed by atoms with E-state index in [4.69, 9.17) is 23.2 Å². The first-order valence-corrected chi connectivity index (χ1v) is 12.6. The van der Waals surface area contributed by atoms with Crippen LogP contribution in [0.3, 0.4) is 0 Å². The average Bonchev–Trinajstić information content (AvgIpc) is 3.54. The Bertz CT molecular complexity index is 1160. The number of alkyl halides is 1. The maximum atomic E-state index is 13.8. The zero-order valence-corrected chi connectivity index (χ0v) is 20.2. The molecule has 0 aromatic heterocycles. The number of carbonyl (C=O) groups is 4. The highest BCUT2D eigenvalue weighted by atomic mass is 35.5. The van der Waals surface area contributed by atoms with Crippen LogP contribution in [0.1, 0.15) is 46.4 Å². The average molecular weight is 517 g/mol. The lowest BCUT2D eigenvalue weighted by atomic mass is 9.81. The number of Topliss-reactive ketones (excluding diaryl/α,β-unsaturated/α-hetero) is 1. The van der Waals surface area contributed by atoms with Crippen LogP contribution in [0.25, 0.3) is 0 Å². The summed E-state index contributed by atoms with van der Waals surface area (Å²) in [5.41, 5.74) is 0.316. The summed E-state index contributed by atoms with van der Waals surface area (Å²) in [6.07, 6.45) is 2.59. The van der Waals surface area contributed by atoms with Gasteiger partial charge in [-0.3, -0.25) is 19.2 Å². The lowest BCUT2D eigenvalue weighted by Gasteiger charge is -2.36. The Labute approximate surface area is 211 Å². The predicted molar refractivity (Wildman–Crippen MR) is 127 cm³/mol. The molecule has 2 saturated carbocycles. The van der Waals surface area contributed by atoms with E-state index in [1.54, 1.807) is 0 Å². The molecule has 0 unspecified atom stereocenters. The molecule has 35 heavy (non-hydrogen) atoms. The third kappa shape index (κ3) is 4.04. The van der Waals surface area contributed by atoms with E-state index >= 15 is 0 Å². The molecule has 2 bridgehead atoms. The van der Waals surface area contributed by atoms with Gasteiger partial charge in [-0.15, -0.1) is 11.6 Å². The van der Waals surface area contributed by atoms with Crippen LogP contribution < -0.4 is 0 Å². The van der Waals surface area contributed by atoms with Crippen LogP contribution in [-0.2, 0) is 9.59 Å². The Balaban J connectivity index is 1.58. The van der Waals surface area contributed by atoms with Gasteiger partial charge in [0.25, 0.3) is 17.7 Å². The lowest BCUT2D eigenvalue weighted by Crippen LogP contribution is -2.58. The molecule has 2 aromatic carbocycles. The second-order valence-corrected chi connectivity index (χ2v) is 10.2. The number of halogens is 3. The number of hydrogen-bond donors (Lipinski definition) is 0. The van der Waals surface area contributed by atoms with Crippen LogP contribution in [0, 0.1) is 29.5 Å². The molecule has 1 saturated heterocycles. The number of imide groups is 1. The maximum absolute atomic E-state index is 13.8. The van der Waals surface area contributed by atoms with Gasteiger partial charge in [0, 0.05) is 22.0 Å². The van der Waals surface area contributed by atoms with Crippen molar-refractivity contribution in [2.24, 2.45) is 23.7 Å². The van der Waals surface area contributed by atoms with Crippen LogP contribution in [0.2, 0.25) is 5.02 Å². The summed E-state index contributed by atoms with van der Waals surface area (Å²) in [7, 11) is 0. The Morgan fingerprint density at radius 3 is 2.03 bits per heavy atom. The van der Waals surface area contributed by atoms with Crippen molar-refractivity contribution < 1.29 is 23.6 Å². The van der Waals surface area contributed by atoms with Crippen LogP contribution >= 0.6 is 23.2 Å². The Kier molecular flexibility index (Phi) is 6.40. The molecule has 6 nitrogen and oxygen atoms in total. The molecule has 0 spiro atoms. The van der Waals surface area contributed by atoms with Crippen molar-refractivity contribution >= 4 is 46.7 Å². The minimum absolute atomic E-state index is 0.00363. The number of hydrazine groups is 1. The van der Waals surface area contributed by atoms with E-state index in [2.05, 4.69) is 0 Å². The number of hydrogen-bond acceptors (Lipinski definition) is 4. The monoisotopic (exact) mass is 516 g/mol. The first-order chi connectivity index (χ1) is 16.8. The fourth-order valence-electron chi connectivity index (χ4n) is 5.98. The van der Waals surface area contributed by atoms with E-state index in [0.29, 0.717) is 5.02 Å². The summed E-state index contributed by atoms with van der Waals surface area (Å²) in [5.74, 6) is -3.35. The molecule has 3 fully saturated rings. The van der Waals surface area contributed by atoms with Gasteiger partial charge in [-0.05, 0) is 86.1 Å². The van der Waals surface area contributed by atoms with Crippen LogP contribution in [-0.4, -0.2) is 45.4 Å². The molecule has 5 atom stereocenters. The molecule has 2 aromatic rings. The quantitative estimate of drug-likeness (QED) is 0.302. The van der Waals surface area contributed by atoms with Crippen LogP contribution in [0.15, 0.2) is 48.5 Å². The summed E-state index contributed by atoms with van der Waals surface area (Å²) in [6.45, 7) is 0. The molecule has 1 aliphatic heterocycles. The predicted octanol–water partition coefficient (Wildman–Crippen LogP) is 4.75. The SMILES string of the molecule is O=C(c1ccc(F)cc1)[C@H](CCCl)N(C(=O)c1ccc(Cl)cc1)N1C(=O)[C@@H]2[C@H]3CC[C@@H](C3)[C@H]2C1=O. The fraction of sp³-hybridized carbons (Fsp3) is 0.385. The van der Waals surface area contributed by atoms with E-state index in [9.17, 15) is 23.6 Å². The highest BCUT2D eigenvalue weighted by Crippen LogP contribution is 2.56. The Morgan fingerprint density at radius 1 is 0.943 bits per heavy atom. The summed E-state index contributed by atoms with van der Waals surface area (Å²) >= 11 is 12.0. The molecule has 1 heterocycles. The van der Waals surface area contributed by atoms with Crippen molar-refractivity contribution in [2.45, 2.75) is 31.7 Å². The van der Waals surface area contributed by atoms with Gasteiger partial charge in [0.05, 0.1) is 11.8 Å². The summed E-state index contributed by atoms with van der Waals surface area (Å²) < 4.78 is 13.5. The molecule has 2 aliphatic carbocycles. The van der Waals surface area contributed by atoms with Crippen molar-refractivity contribution in [3.63, 3.8) is 0 Å². The first kappa shape index (κ1) is 23.9. The standard InChI is InChI=1S/C26H23Cl2FN2O4/c27-12-11-20(23(32)14-5-9-19(29)10-6-14)30(24(33)15-3-7-18(28)8-4-15)31-25(34)21-16-1-2-17(13-16)22(21)26(31)35/h3-10,16-17,20-22H,1-2,11-13H2/t16-,17-,20-,21+,22+/m0/s1. The first-order valence-electron chi connectivity index (χ1n) is 11.6. The van der Waals surface area contributed by atoms with Gasteiger partial charge in [-0.25, -0.2) is 9.40 Å². The van der Waals surface area contributed by atoms with E-state index < -0.39 is 47.2 Å². The lowest BCUT2D eigenvalue weighted by molar-refractivity contribution is -0.157. The number of nitrogens with zero attached hydrogens (tertiary/aromatic N) is 2. The van der Waals surface area contributed by atoms with Crippen molar-refractivity contribution in [1.29, 1.82) is 0 Å². The molecular formula is C26H23Cl2FN2O4. The second-order valence-electron chi connectivity index (χ2n) is 9.39. The van der Waals surface area contributed by atoms with Gasteiger partial charge >= 0.3 is 0 Å². The fourth-order valence-corrected chi connectivity index (χ4v) is 6.31. The van der Waals surface area contributed by atoms with E-state index in [1.807, 2.05) is 0 Å². The number of benzene rings is 2. The van der Waals surface area contributed by atoms with Gasteiger partial charge in [-0.2, -0.15) is 5.01 Å². The zero-order chi connectivity index (χ0) is 24.9. The molecule has 0 N–H and O–H groups in total. The molecule has 5 rings (SSSR count). The van der Waals surface area contributed by atoms with Crippen molar-refractivity contribution in [2.75, 3.05) is 5.88 Å². The molecule has 3 amide bonds. The number of fused-ring (bicyclic) bond motifs is 5. The van der Waals surface area contributed by atoms with Crippen molar-refractivity contribution in [3.8, 4) is 0 Å². The number of ketones is 1. The second kappa shape index (κ2) is 9.36. The minimum Gasteiger partial charge on any atom is -0.292 e. The normalized spacial score (nSPS) is 25.6. The molecule has 0 radical (unpaired) electrons. The highest BCUT2D eigenvalue weighted by Gasteiger charge is 2.63. The van der Waals surface area contributed by atoms with Gasteiger partial charge in [0.2, 0.25) is 0 Å². The zero-order valence-electron chi connectivity index (χ0n) is 18.7. The number of rotatable bonds is 7.